The highest BCUT2D eigenvalue weighted by molar-refractivity contribution is 5.92. The van der Waals surface area contributed by atoms with E-state index in [1.54, 1.807) is 13.1 Å². The van der Waals surface area contributed by atoms with Gasteiger partial charge in [0.2, 0.25) is 0 Å². The van der Waals surface area contributed by atoms with Crippen LogP contribution in [0.3, 0.4) is 0 Å². The molecule has 6 heteroatoms. The van der Waals surface area contributed by atoms with Gasteiger partial charge in [0.25, 0.3) is 0 Å². The number of carbonyl (C=O) groups excluding carboxylic acids is 1. The fraction of sp³-hybridized carbons (Fsp3) is 0.647. The van der Waals surface area contributed by atoms with Crippen molar-refractivity contribution in [2.45, 2.75) is 46.1 Å². The zero-order valence-corrected chi connectivity index (χ0v) is 14.3. The van der Waals surface area contributed by atoms with Crippen molar-refractivity contribution in [2.75, 3.05) is 29.9 Å². The number of pyridine rings is 1. The molecule has 0 aliphatic carbocycles. The minimum absolute atomic E-state index is 0.155. The van der Waals surface area contributed by atoms with Crippen molar-refractivity contribution in [3.63, 3.8) is 0 Å². The number of carbonyl (C=O) groups is 1. The maximum absolute atomic E-state index is 12.2. The topological polar surface area (TPSA) is 77.5 Å². The minimum Gasteiger partial charge on any atom is -0.393 e. The molecule has 1 aliphatic rings. The molecule has 1 atom stereocenters. The van der Waals surface area contributed by atoms with Crippen LogP contribution in [-0.4, -0.2) is 41.9 Å². The van der Waals surface area contributed by atoms with Gasteiger partial charge in [0.1, 0.15) is 0 Å². The second-order valence-electron chi connectivity index (χ2n) is 7.09. The maximum atomic E-state index is 12.2. The summed E-state index contributed by atoms with van der Waals surface area (Å²) in [6.07, 6.45) is 4.34. The highest BCUT2D eigenvalue weighted by Gasteiger charge is 2.22. The fourth-order valence-electron chi connectivity index (χ4n) is 3.03. The Morgan fingerprint density at radius 3 is 2.78 bits per heavy atom. The largest absolute Gasteiger partial charge is 0.393 e. The van der Waals surface area contributed by atoms with Crippen molar-refractivity contribution < 1.29 is 9.90 Å². The number of aliphatic hydroxyl groups is 1. The molecule has 1 aromatic rings. The van der Waals surface area contributed by atoms with E-state index < -0.39 is 0 Å². The lowest BCUT2D eigenvalue weighted by atomic mass is 9.87. The van der Waals surface area contributed by atoms with Crippen molar-refractivity contribution in [1.29, 1.82) is 0 Å². The van der Waals surface area contributed by atoms with Gasteiger partial charge < -0.3 is 20.6 Å². The Morgan fingerprint density at radius 1 is 1.43 bits per heavy atom. The summed E-state index contributed by atoms with van der Waals surface area (Å²) in [7, 11) is 0. The highest BCUT2D eigenvalue weighted by Crippen LogP contribution is 2.26. The molecule has 0 saturated carbocycles. The molecular formula is C17H28N4O2. The number of amides is 2. The first kappa shape index (κ1) is 17.5. The summed E-state index contributed by atoms with van der Waals surface area (Å²) < 4.78 is 0. The number of hydrogen-bond acceptors (Lipinski definition) is 4. The quantitative estimate of drug-likeness (QED) is 0.753. The van der Waals surface area contributed by atoms with Gasteiger partial charge in [0, 0.05) is 25.8 Å². The van der Waals surface area contributed by atoms with E-state index in [9.17, 15) is 9.90 Å². The van der Waals surface area contributed by atoms with Crippen molar-refractivity contribution >= 4 is 17.5 Å². The van der Waals surface area contributed by atoms with Crippen molar-refractivity contribution in [3.8, 4) is 0 Å². The number of nitrogens with one attached hydrogen (secondary N) is 2. The number of aromatic nitrogens is 1. The Morgan fingerprint density at radius 2 is 2.13 bits per heavy atom. The van der Waals surface area contributed by atoms with Crippen LogP contribution in [0, 0.1) is 5.41 Å². The van der Waals surface area contributed by atoms with E-state index >= 15 is 0 Å². The molecule has 0 radical (unpaired) electrons. The second-order valence-corrected chi connectivity index (χ2v) is 7.09. The lowest BCUT2D eigenvalue weighted by Crippen LogP contribution is -2.38. The van der Waals surface area contributed by atoms with E-state index in [2.05, 4.69) is 20.5 Å². The minimum atomic E-state index is -0.380. The number of urea groups is 1. The standard InChI is InChI=1S/C17H28N4O2/c1-13(22)11-17(2,3)12-19-16(23)20-14-7-6-8-18-15(14)21-9-4-5-10-21/h6-8,13,22H,4-5,9-12H2,1-3H3,(H2,19,20,23). The molecule has 1 aromatic heterocycles. The molecule has 0 aromatic carbocycles. The Hall–Kier alpha value is -1.82. The monoisotopic (exact) mass is 320 g/mol. The summed E-state index contributed by atoms with van der Waals surface area (Å²) in [6, 6.07) is 3.46. The van der Waals surface area contributed by atoms with E-state index in [0.717, 1.165) is 37.4 Å². The third kappa shape index (κ3) is 5.39. The molecule has 2 heterocycles. The molecule has 23 heavy (non-hydrogen) atoms. The molecule has 128 valence electrons. The van der Waals surface area contributed by atoms with Gasteiger partial charge in [-0.3, -0.25) is 0 Å². The van der Waals surface area contributed by atoms with Gasteiger partial charge in [-0.2, -0.15) is 0 Å². The summed E-state index contributed by atoms with van der Waals surface area (Å²) in [5.41, 5.74) is 0.582. The second kappa shape index (κ2) is 7.64. The summed E-state index contributed by atoms with van der Waals surface area (Å²) in [5.74, 6) is 0.836. The summed E-state index contributed by atoms with van der Waals surface area (Å²) >= 11 is 0. The summed E-state index contributed by atoms with van der Waals surface area (Å²) in [4.78, 5) is 18.8. The molecule has 1 fully saturated rings. The van der Waals surface area contributed by atoms with E-state index in [1.165, 1.54) is 0 Å². The first-order valence-electron chi connectivity index (χ1n) is 8.30. The molecule has 1 aliphatic heterocycles. The van der Waals surface area contributed by atoms with Gasteiger partial charge in [0.05, 0.1) is 11.8 Å². The zero-order valence-electron chi connectivity index (χ0n) is 14.3. The van der Waals surface area contributed by atoms with Crippen LogP contribution in [0.25, 0.3) is 0 Å². The van der Waals surface area contributed by atoms with Crippen LogP contribution >= 0.6 is 0 Å². The molecule has 0 bridgehead atoms. The lowest BCUT2D eigenvalue weighted by molar-refractivity contribution is 0.129. The van der Waals surface area contributed by atoms with Crippen LogP contribution in [0.1, 0.15) is 40.0 Å². The van der Waals surface area contributed by atoms with Crippen molar-refractivity contribution in [3.05, 3.63) is 18.3 Å². The van der Waals surface area contributed by atoms with Gasteiger partial charge in [-0.25, -0.2) is 9.78 Å². The molecule has 6 nitrogen and oxygen atoms in total. The predicted octanol–water partition coefficient (Wildman–Crippen LogP) is 2.60. The van der Waals surface area contributed by atoms with E-state index in [-0.39, 0.29) is 17.6 Å². The highest BCUT2D eigenvalue weighted by atomic mass is 16.3. The van der Waals surface area contributed by atoms with Crippen molar-refractivity contribution in [2.24, 2.45) is 5.41 Å². The Bertz CT molecular complexity index is 525. The molecule has 3 N–H and O–H groups in total. The lowest BCUT2D eigenvalue weighted by Gasteiger charge is -2.26. The predicted molar refractivity (Wildman–Crippen MR) is 92.8 cm³/mol. The Labute approximate surface area is 138 Å². The first-order chi connectivity index (χ1) is 10.9. The summed E-state index contributed by atoms with van der Waals surface area (Å²) in [6.45, 7) is 8.28. The molecule has 0 spiro atoms. The normalized spacial score (nSPS) is 16.3. The van der Waals surface area contributed by atoms with Gasteiger partial charge in [-0.05, 0) is 43.7 Å². The number of nitrogens with zero attached hydrogens (tertiary/aromatic N) is 2. The maximum Gasteiger partial charge on any atom is 0.319 e. The molecule has 2 rings (SSSR count). The molecule has 1 unspecified atom stereocenters. The molecule has 1 saturated heterocycles. The van der Waals surface area contributed by atoms with Gasteiger partial charge in [0.15, 0.2) is 5.82 Å². The van der Waals surface area contributed by atoms with Crippen LogP contribution in [-0.2, 0) is 0 Å². The fourth-order valence-corrected chi connectivity index (χ4v) is 3.03. The van der Waals surface area contributed by atoms with Crippen LogP contribution in [0.2, 0.25) is 0 Å². The van der Waals surface area contributed by atoms with Crippen LogP contribution in [0.5, 0.6) is 0 Å². The zero-order chi connectivity index (χ0) is 16.9. The number of anilines is 2. The van der Waals surface area contributed by atoms with Gasteiger partial charge in [-0.15, -0.1) is 0 Å². The molecular weight excluding hydrogens is 292 g/mol. The number of aliphatic hydroxyl groups excluding tert-OH is 1. The van der Waals surface area contributed by atoms with Gasteiger partial charge in [-0.1, -0.05) is 13.8 Å². The summed E-state index contributed by atoms with van der Waals surface area (Å²) in [5, 5.41) is 15.3. The van der Waals surface area contributed by atoms with E-state index in [1.807, 2.05) is 26.0 Å². The smallest absolute Gasteiger partial charge is 0.319 e. The Kier molecular flexibility index (Phi) is 5.82. The SMILES string of the molecule is CC(O)CC(C)(C)CNC(=O)Nc1cccnc1N1CCCC1. The Balaban J connectivity index is 1.93. The number of hydrogen-bond donors (Lipinski definition) is 3. The average Bonchev–Trinajstić information content (AvgIpc) is 2.98. The molecule has 2 amide bonds. The van der Waals surface area contributed by atoms with Gasteiger partial charge >= 0.3 is 6.03 Å². The van der Waals surface area contributed by atoms with Crippen LogP contribution in [0.4, 0.5) is 16.3 Å². The third-order valence-corrected chi connectivity index (χ3v) is 4.02. The third-order valence-electron chi connectivity index (χ3n) is 4.02. The van der Waals surface area contributed by atoms with E-state index in [0.29, 0.717) is 13.0 Å². The van der Waals surface area contributed by atoms with E-state index in [4.69, 9.17) is 0 Å². The average molecular weight is 320 g/mol. The van der Waals surface area contributed by atoms with Crippen molar-refractivity contribution in [1.82, 2.24) is 10.3 Å². The van der Waals surface area contributed by atoms with Crippen LogP contribution < -0.4 is 15.5 Å². The number of rotatable bonds is 6. The first-order valence-corrected chi connectivity index (χ1v) is 8.30. The van der Waals surface area contributed by atoms with Crippen LogP contribution in [0.15, 0.2) is 18.3 Å².